The molecule has 74 valence electrons. The Morgan fingerprint density at radius 3 is 0.917 bits per heavy atom. The molecule has 0 amide bonds. The number of rotatable bonds is 1. The third-order valence-corrected chi connectivity index (χ3v) is 0.957. The van der Waals surface area contributed by atoms with E-state index in [-0.39, 0.29) is 0 Å². The van der Waals surface area contributed by atoms with Gasteiger partial charge in [0.15, 0.2) is 0 Å². The number of alkyl halides is 8. The van der Waals surface area contributed by atoms with Crippen molar-refractivity contribution in [3.8, 4) is 0 Å². The zero-order valence-corrected chi connectivity index (χ0v) is 5.18. The lowest BCUT2D eigenvalue weighted by Crippen LogP contribution is -2.41. The highest BCUT2D eigenvalue weighted by Crippen LogP contribution is 2.42. The molecule has 12 heavy (non-hydrogen) atoms. The summed E-state index contributed by atoms with van der Waals surface area (Å²) >= 11 is 0. The van der Waals surface area contributed by atoms with Crippen molar-refractivity contribution in [2.75, 3.05) is 0 Å². The van der Waals surface area contributed by atoms with Crippen LogP contribution in [0.5, 0.6) is 0 Å². The molecule has 0 aliphatic carbocycles. The Kier molecular flexibility index (Phi) is 2.92. The summed E-state index contributed by atoms with van der Waals surface area (Å²) in [5.41, 5.74) is 0. The Hall–Kier alpha value is -0.560. The minimum atomic E-state index is -5.95. The zero-order valence-electron chi connectivity index (χ0n) is 5.18. The summed E-state index contributed by atoms with van der Waals surface area (Å²) in [5.74, 6) is -4.55. The predicted octanol–water partition coefficient (Wildman–Crippen LogP) is 2.99. The van der Waals surface area contributed by atoms with Gasteiger partial charge in [-0.3, -0.25) is 0 Å². The summed E-state index contributed by atoms with van der Waals surface area (Å²) in [5, 5.41) is 0. The van der Waals surface area contributed by atoms with Gasteiger partial charge in [-0.15, -0.1) is 0 Å². The first-order valence-electron chi connectivity index (χ1n) is 2.48. The Balaban J connectivity index is 4.70. The van der Waals surface area contributed by atoms with Gasteiger partial charge in [0.05, 0.1) is 0 Å². The fraction of sp³-hybridized carbons (Fsp3) is 1.00. The van der Waals surface area contributed by atoms with E-state index < -0.39 is 24.7 Å². The lowest BCUT2D eigenvalue weighted by Gasteiger charge is -2.21. The van der Waals surface area contributed by atoms with Crippen LogP contribution in [-0.4, -0.2) is 18.8 Å². The van der Waals surface area contributed by atoms with E-state index in [2.05, 4.69) is 0 Å². The second-order valence-corrected chi connectivity index (χ2v) is 1.90. The van der Waals surface area contributed by atoms with Gasteiger partial charge < -0.3 is 0 Å². The molecule has 0 aromatic carbocycles. The Labute approximate surface area is 61.2 Å². The van der Waals surface area contributed by atoms with Crippen LogP contribution in [0.2, 0.25) is 0 Å². The molecule has 0 heterocycles. The summed E-state index contributed by atoms with van der Waals surface area (Å²) in [6.45, 7) is 0. The second kappa shape index (κ2) is 3.06. The summed E-state index contributed by atoms with van der Waals surface area (Å²) in [6, 6.07) is 0. The third-order valence-electron chi connectivity index (χ3n) is 0.957. The van der Waals surface area contributed by atoms with Gasteiger partial charge in [0, 0.05) is 0 Å². The van der Waals surface area contributed by atoms with Crippen molar-refractivity contribution >= 4 is 0 Å². The van der Waals surface area contributed by atoms with Crippen molar-refractivity contribution in [1.82, 2.24) is 0 Å². The first-order chi connectivity index (χ1) is 5.07. The maximum Gasteiger partial charge on any atom is 0.406 e. The summed E-state index contributed by atoms with van der Waals surface area (Å²) in [6.07, 6.45) is -16.4. The molecule has 0 bridgehead atoms. The topological polar surface area (TPSA) is 0 Å². The first-order valence-corrected chi connectivity index (χ1v) is 2.48. The lowest BCUT2D eigenvalue weighted by atomic mass is 10.1. The molecule has 0 saturated heterocycles. The fourth-order valence-corrected chi connectivity index (χ4v) is 0.471. The lowest BCUT2D eigenvalue weighted by molar-refractivity contribution is -0.311. The largest absolute Gasteiger partial charge is 0.406 e. The van der Waals surface area contributed by atoms with Crippen LogP contribution in [0.1, 0.15) is 0 Å². The highest BCUT2D eigenvalue weighted by molar-refractivity contribution is 4.77. The highest BCUT2D eigenvalue weighted by Gasteiger charge is 2.61. The van der Waals surface area contributed by atoms with E-state index in [1.165, 1.54) is 0 Å². The van der Waals surface area contributed by atoms with Crippen molar-refractivity contribution in [3.05, 3.63) is 0 Å². The Morgan fingerprint density at radius 2 is 0.917 bits per heavy atom. The molecule has 0 nitrogen and oxygen atoms in total. The fourth-order valence-electron chi connectivity index (χ4n) is 0.471. The van der Waals surface area contributed by atoms with Crippen LogP contribution in [0.25, 0.3) is 0 Å². The van der Waals surface area contributed by atoms with Crippen LogP contribution in [0, 0.1) is 5.92 Å². The van der Waals surface area contributed by atoms with E-state index in [0.29, 0.717) is 0 Å². The van der Waals surface area contributed by atoms with E-state index in [0.717, 1.165) is 0 Å². The highest BCUT2D eigenvalue weighted by atomic mass is 19.4. The van der Waals surface area contributed by atoms with Gasteiger partial charge in [0.1, 0.15) is 0 Å². The number of hydrogen-bond donors (Lipinski definition) is 0. The van der Waals surface area contributed by atoms with Crippen molar-refractivity contribution in [2.24, 2.45) is 5.92 Å². The molecular weight excluding hydrogens is 200 g/mol. The minimum Gasteiger partial charge on any atom is -0.209 e. The molecule has 0 N–H and O–H groups in total. The van der Waals surface area contributed by atoms with Crippen LogP contribution in [-0.2, 0) is 0 Å². The molecule has 0 saturated carbocycles. The van der Waals surface area contributed by atoms with Crippen LogP contribution in [0.15, 0.2) is 0 Å². The number of halogens is 8. The molecule has 0 unspecified atom stereocenters. The van der Waals surface area contributed by atoms with E-state index in [4.69, 9.17) is 0 Å². The van der Waals surface area contributed by atoms with E-state index in [9.17, 15) is 35.1 Å². The predicted molar refractivity (Wildman–Crippen MR) is 21.6 cm³/mol. The average Bonchev–Trinajstić information content (AvgIpc) is 1.49. The van der Waals surface area contributed by atoms with Gasteiger partial charge in [-0.05, 0) is 0 Å². The minimum absolute atomic E-state index is 4.48. The van der Waals surface area contributed by atoms with Crippen molar-refractivity contribution < 1.29 is 35.1 Å². The van der Waals surface area contributed by atoms with Crippen molar-refractivity contribution in [3.63, 3.8) is 0 Å². The van der Waals surface area contributed by atoms with Crippen LogP contribution < -0.4 is 0 Å². The summed E-state index contributed by atoms with van der Waals surface area (Å²) in [4.78, 5) is 0. The molecule has 0 radical (unpaired) electrons. The van der Waals surface area contributed by atoms with Crippen LogP contribution in [0.4, 0.5) is 35.1 Å². The van der Waals surface area contributed by atoms with Gasteiger partial charge in [0.25, 0.3) is 6.43 Å². The third kappa shape index (κ3) is 2.82. The molecule has 0 aromatic heterocycles. The first kappa shape index (κ1) is 11.4. The Morgan fingerprint density at radius 1 is 0.667 bits per heavy atom. The van der Waals surface area contributed by atoms with E-state index in [1.54, 1.807) is 0 Å². The van der Waals surface area contributed by atoms with Gasteiger partial charge in [-0.1, -0.05) is 0 Å². The summed E-state index contributed by atoms with van der Waals surface area (Å²) in [7, 11) is 0. The van der Waals surface area contributed by atoms with Crippen LogP contribution in [0.3, 0.4) is 0 Å². The SMILES string of the molecule is FC(F)C(C(F)(F)F)C(F)(F)F. The molecule has 0 spiro atoms. The van der Waals surface area contributed by atoms with Crippen molar-refractivity contribution in [2.45, 2.75) is 18.8 Å². The smallest absolute Gasteiger partial charge is 0.209 e. The zero-order chi connectivity index (χ0) is 10.2. The molecule has 0 atom stereocenters. The maximum atomic E-state index is 11.3. The molecular formula is C4H2F8. The molecule has 0 aromatic rings. The van der Waals surface area contributed by atoms with Gasteiger partial charge in [-0.2, -0.15) is 26.3 Å². The molecule has 0 aliphatic rings. The molecule has 0 rings (SSSR count). The van der Waals surface area contributed by atoms with E-state index >= 15 is 0 Å². The van der Waals surface area contributed by atoms with Gasteiger partial charge in [0.2, 0.25) is 5.92 Å². The second-order valence-electron chi connectivity index (χ2n) is 1.90. The standard InChI is InChI=1S/C4H2F8/c5-2(6)1(3(7,8)9)4(10,11)12/h1-2H. The molecule has 8 heteroatoms. The maximum absolute atomic E-state index is 11.3. The molecule has 0 aliphatic heterocycles. The Bertz CT molecular complexity index is 126. The van der Waals surface area contributed by atoms with Crippen LogP contribution >= 0.6 is 0 Å². The summed E-state index contributed by atoms with van der Waals surface area (Å²) < 4.78 is 90.1. The van der Waals surface area contributed by atoms with Gasteiger partial charge in [-0.25, -0.2) is 8.78 Å². The van der Waals surface area contributed by atoms with Crippen molar-refractivity contribution in [1.29, 1.82) is 0 Å². The monoisotopic (exact) mass is 202 g/mol. The molecule has 0 fully saturated rings. The van der Waals surface area contributed by atoms with E-state index in [1.807, 2.05) is 0 Å². The van der Waals surface area contributed by atoms with Gasteiger partial charge >= 0.3 is 12.4 Å². The number of hydrogen-bond acceptors (Lipinski definition) is 0. The average molecular weight is 202 g/mol. The quantitative estimate of drug-likeness (QED) is 0.573. The normalized spacial score (nSPS) is 14.5.